The van der Waals surface area contributed by atoms with Crippen molar-refractivity contribution in [2.24, 2.45) is 0 Å². The van der Waals surface area contributed by atoms with E-state index >= 15 is 0 Å². The van der Waals surface area contributed by atoms with Gasteiger partial charge in [0.15, 0.2) is 0 Å². The lowest BCUT2D eigenvalue weighted by Gasteiger charge is -2.13. The smallest absolute Gasteiger partial charge is 0.307 e. The van der Waals surface area contributed by atoms with Crippen molar-refractivity contribution in [2.75, 3.05) is 25.6 Å². The number of benzene rings is 2. The van der Waals surface area contributed by atoms with Crippen molar-refractivity contribution in [3.8, 4) is 22.8 Å². The van der Waals surface area contributed by atoms with Gasteiger partial charge in [0.2, 0.25) is 0 Å². The van der Waals surface area contributed by atoms with Gasteiger partial charge < -0.3 is 19.9 Å². The van der Waals surface area contributed by atoms with Gasteiger partial charge in [-0.3, -0.25) is 4.79 Å². The minimum Gasteiger partial charge on any atom is -0.496 e. The minimum absolute atomic E-state index is 0.0907. The number of nitrogens with zero attached hydrogens (tertiary/aromatic N) is 2. The van der Waals surface area contributed by atoms with Gasteiger partial charge in [-0.15, -0.1) is 11.3 Å². The molecular formula is C25H25N3O4S. The van der Waals surface area contributed by atoms with Crippen molar-refractivity contribution < 1.29 is 19.4 Å². The Balaban J connectivity index is 1.50. The lowest BCUT2D eigenvalue weighted by Crippen LogP contribution is -2.08. The number of anilines is 1. The number of hydrogen-bond acceptors (Lipinski definition) is 7. The molecule has 0 atom stereocenters. The van der Waals surface area contributed by atoms with Crippen molar-refractivity contribution >= 4 is 33.2 Å². The number of thiophene rings is 1. The molecule has 0 spiro atoms. The standard InChI is InChI=1S/C25H25N3O4S/c1-3-32-22-12-16(4-5-17(22)13-25(29)30)20-14-24(28-15-27-20)26-10-8-18-19-9-11-33-23(19)7-6-21(18)31-2/h4-7,9,11-12,14-15H,3,8,10,13H2,1-2H3,(H,29,30)(H,26,27,28). The van der Waals surface area contributed by atoms with Crippen LogP contribution in [-0.4, -0.2) is 41.3 Å². The number of aromatic nitrogens is 2. The van der Waals surface area contributed by atoms with E-state index in [9.17, 15) is 4.79 Å². The molecule has 0 fully saturated rings. The molecule has 0 aliphatic carbocycles. The highest BCUT2D eigenvalue weighted by Gasteiger charge is 2.12. The van der Waals surface area contributed by atoms with Crippen LogP contribution in [0.15, 0.2) is 54.2 Å². The number of ether oxygens (including phenoxy) is 2. The summed E-state index contributed by atoms with van der Waals surface area (Å²) in [5.74, 6) is 1.26. The molecule has 170 valence electrons. The number of fused-ring (bicyclic) bond motifs is 1. The summed E-state index contributed by atoms with van der Waals surface area (Å²) in [5, 5.41) is 15.8. The highest BCUT2D eigenvalue weighted by Crippen LogP contribution is 2.32. The summed E-state index contributed by atoms with van der Waals surface area (Å²) in [6.45, 7) is 3.01. The maximum Gasteiger partial charge on any atom is 0.307 e. The summed E-state index contributed by atoms with van der Waals surface area (Å²) in [5.41, 5.74) is 3.38. The van der Waals surface area contributed by atoms with Gasteiger partial charge in [0, 0.05) is 34.0 Å². The van der Waals surface area contributed by atoms with Gasteiger partial charge in [0.25, 0.3) is 0 Å². The quantitative estimate of drug-likeness (QED) is 0.340. The third kappa shape index (κ3) is 5.23. The summed E-state index contributed by atoms with van der Waals surface area (Å²) in [7, 11) is 1.69. The molecule has 0 saturated heterocycles. The van der Waals surface area contributed by atoms with Gasteiger partial charge >= 0.3 is 5.97 Å². The van der Waals surface area contributed by atoms with E-state index in [1.165, 1.54) is 22.0 Å². The number of aliphatic carboxylic acids is 1. The number of carboxylic acid groups (broad SMARTS) is 1. The Morgan fingerprint density at radius 1 is 1.12 bits per heavy atom. The van der Waals surface area contributed by atoms with Gasteiger partial charge in [-0.05, 0) is 48.4 Å². The predicted molar refractivity (Wildman–Crippen MR) is 131 cm³/mol. The Morgan fingerprint density at radius 2 is 2.00 bits per heavy atom. The second kappa shape index (κ2) is 10.3. The number of carbonyl (C=O) groups is 1. The van der Waals surface area contributed by atoms with Crippen LogP contribution in [0.25, 0.3) is 21.3 Å². The molecule has 4 rings (SSSR count). The number of rotatable bonds is 10. The molecule has 0 aliphatic heterocycles. The Morgan fingerprint density at radius 3 is 2.79 bits per heavy atom. The van der Waals surface area contributed by atoms with Crippen molar-refractivity contribution in [2.45, 2.75) is 19.8 Å². The average molecular weight is 464 g/mol. The second-order valence-corrected chi connectivity index (χ2v) is 8.32. The van der Waals surface area contributed by atoms with E-state index < -0.39 is 5.97 Å². The van der Waals surface area contributed by atoms with E-state index in [0.29, 0.717) is 30.3 Å². The van der Waals surface area contributed by atoms with Crippen LogP contribution in [-0.2, 0) is 17.6 Å². The monoisotopic (exact) mass is 463 g/mol. The molecule has 0 aliphatic rings. The normalized spacial score (nSPS) is 10.8. The minimum atomic E-state index is -0.896. The fraction of sp³-hybridized carbons (Fsp3) is 0.240. The third-order valence-electron chi connectivity index (χ3n) is 5.28. The van der Waals surface area contributed by atoms with Crippen molar-refractivity contribution in [1.82, 2.24) is 9.97 Å². The van der Waals surface area contributed by atoms with Crippen LogP contribution in [0.3, 0.4) is 0 Å². The molecule has 0 unspecified atom stereocenters. The van der Waals surface area contributed by atoms with Gasteiger partial charge in [-0.25, -0.2) is 9.97 Å². The third-order valence-corrected chi connectivity index (χ3v) is 6.16. The van der Waals surface area contributed by atoms with Crippen LogP contribution in [0.5, 0.6) is 11.5 Å². The van der Waals surface area contributed by atoms with Gasteiger partial charge in [-0.1, -0.05) is 12.1 Å². The summed E-state index contributed by atoms with van der Waals surface area (Å²) in [4.78, 5) is 19.9. The van der Waals surface area contributed by atoms with Crippen LogP contribution in [0.2, 0.25) is 0 Å². The SMILES string of the molecule is CCOc1cc(-c2cc(NCCc3c(OC)ccc4sccc34)ncn2)ccc1CC(=O)O. The first-order valence-electron chi connectivity index (χ1n) is 10.7. The zero-order chi connectivity index (χ0) is 23.2. The first-order chi connectivity index (χ1) is 16.1. The Kier molecular flexibility index (Phi) is 7.04. The number of hydrogen-bond donors (Lipinski definition) is 2. The van der Waals surface area contributed by atoms with Gasteiger partial charge in [0.1, 0.15) is 23.6 Å². The topological polar surface area (TPSA) is 93.6 Å². The van der Waals surface area contributed by atoms with Gasteiger partial charge in [0.05, 0.1) is 25.8 Å². The Bertz CT molecular complexity index is 1270. The molecule has 2 aromatic heterocycles. The van der Waals surface area contributed by atoms with E-state index in [0.717, 1.165) is 23.4 Å². The highest BCUT2D eigenvalue weighted by molar-refractivity contribution is 7.17. The fourth-order valence-corrected chi connectivity index (χ4v) is 4.59. The molecule has 2 heterocycles. The molecular weight excluding hydrogens is 438 g/mol. The van der Waals surface area contributed by atoms with E-state index in [1.807, 2.05) is 31.2 Å². The molecule has 4 aromatic rings. The Labute approximate surface area is 196 Å². The van der Waals surface area contributed by atoms with E-state index in [1.54, 1.807) is 24.5 Å². The summed E-state index contributed by atoms with van der Waals surface area (Å²) >= 11 is 1.72. The van der Waals surface area contributed by atoms with Gasteiger partial charge in [-0.2, -0.15) is 0 Å². The highest BCUT2D eigenvalue weighted by atomic mass is 32.1. The van der Waals surface area contributed by atoms with Crippen molar-refractivity contribution in [3.63, 3.8) is 0 Å². The molecule has 0 amide bonds. The lowest BCUT2D eigenvalue weighted by atomic mass is 10.0. The van der Waals surface area contributed by atoms with E-state index in [-0.39, 0.29) is 6.42 Å². The molecule has 33 heavy (non-hydrogen) atoms. The molecule has 0 radical (unpaired) electrons. The second-order valence-electron chi connectivity index (χ2n) is 7.37. The average Bonchev–Trinajstić information content (AvgIpc) is 3.29. The first kappa shape index (κ1) is 22.5. The van der Waals surface area contributed by atoms with E-state index in [2.05, 4.69) is 32.8 Å². The van der Waals surface area contributed by atoms with Crippen LogP contribution in [0.1, 0.15) is 18.1 Å². The summed E-state index contributed by atoms with van der Waals surface area (Å²) in [6, 6.07) is 13.6. The van der Waals surface area contributed by atoms with Crippen molar-refractivity contribution in [1.29, 1.82) is 0 Å². The molecule has 7 nitrogen and oxygen atoms in total. The number of methoxy groups -OCH3 is 1. The Hall–Kier alpha value is -3.65. The molecule has 0 saturated carbocycles. The van der Waals surface area contributed by atoms with Crippen LogP contribution >= 0.6 is 11.3 Å². The van der Waals surface area contributed by atoms with Crippen LogP contribution in [0, 0.1) is 0 Å². The first-order valence-corrected chi connectivity index (χ1v) is 11.5. The zero-order valence-corrected chi connectivity index (χ0v) is 19.3. The predicted octanol–water partition coefficient (Wildman–Crippen LogP) is 5.05. The number of carboxylic acids is 1. The fourth-order valence-electron chi connectivity index (χ4n) is 3.77. The molecule has 2 aromatic carbocycles. The molecule has 0 bridgehead atoms. The largest absolute Gasteiger partial charge is 0.496 e. The maximum absolute atomic E-state index is 11.1. The van der Waals surface area contributed by atoms with E-state index in [4.69, 9.17) is 14.6 Å². The lowest BCUT2D eigenvalue weighted by molar-refractivity contribution is -0.136. The van der Waals surface area contributed by atoms with Crippen LogP contribution in [0.4, 0.5) is 5.82 Å². The molecule has 2 N–H and O–H groups in total. The zero-order valence-electron chi connectivity index (χ0n) is 18.5. The molecule has 8 heteroatoms. The summed E-state index contributed by atoms with van der Waals surface area (Å²) < 4.78 is 12.5. The van der Waals surface area contributed by atoms with Crippen molar-refractivity contribution in [3.05, 3.63) is 65.3 Å². The van der Waals surface area contributed by atoms with Crippen LogP contribution < -0.4 is 14.8 Å². The number of nitrogens with one attached hydrogen (secondary N) is 1. The summed E-state index contributed by atoms with van der Waals surface area (Å²) in [6.07, 6.45) is 2.21. The maximum atomic E-state index is 11.1.